The monoisotopic (exact) mass is 385 g/mol. The van der Waals surface area contributed by atoms with E-state index in [0.29, 0.717) is 19.1 Å². The third-order valence-corrected chi connectivity index (χ3v) is 5.06. The van der Waals surface area contributed by atoms with Crippen molar-refractivity contribution in [2.45, 2.75) is 26.3 Å². The van der Waals surface area contributed by atoms with E-state index in [0.717, 1.165) is 42.5 Å². The Labute approximate surface area is 167 Å². The molecule has 1 saturated heterocycles. The van der Waals surface area contributed by atoms with Crippen LogP contribution in [0.5, 0.6) is 11.5 Å². The first-order valence-corrected chi connectivity index (χ1v) is 9.85. The number of methoxy groups -OCH3 is 1. The fourth-order valence-corrected chi connectivity index (χ4v) is 3.72. The molecule has 1 aliphatic rings. The highest BCUT2D eigenvalue weighted by Gasteiger charge is 2.25. The van der Waals surface area contributed by atoms with Gasteiger partial charge in [-0.1, -0.05) is 6.07 Å². The predicted molar refractivity (Wildman–Crippen MR) is 111 cm³/mol. The van der Waals surface area contributed by atoms with Crippen LogP contribution >= 0.6 is 0 Å². The molecule has 3 rings (SSSR count). The lowest BCUT2D eigenvalue weighted by molar-refractivity contribution is 0.310. The zero-order valence-electron chi connectivity index (χ0n) is 17.3. The number of aryl methyl sites for hydroxylation is 1. The maximum Gasteiger partial charge on any atom is 0.193 e. The first kappa shape index (κ1) is 20.0. The standard InChI is InChI=1S/C21H31N5O2/c1-5-28-20-11-16(6-7-19(20)27-4)12-23-21(22-2)26-9-8-17(15-26)10-18-13-24-25(3)14-18/h6-7,11,13-14,17H,5,8-10,12,15H2,1-4H3,(H,22,23). The van der Waals surface area contributed by atoms with Crippen molar-refractivity contribution >= 4 is 5.96 Å². The van der Waals surface area contributed by atoms with Gasteiger partial charge in [0, 0.05) is 39.9 Å². The Morgan fingerprint density at radius 3 is 2.86 bits per heavy atom. The van der Waals surface area contributed by atoms with E-state index in [1.807, 2.05) is 44.0 Å². The molecule has 28 heavy (non-hydrogen) atoms. The number of guanidine groups is 1. The number of aliphatic imine (C=N–C) groups is 1. The van der Waals surface area contributed by atoms with Gasteiger partial charge in [-0.05, 0) is 48.9 Å². The summed E-state index contributed by atoms with van der Waals surface area (Å²) in [5, 5.41) is 7.76. The Morgan fingerprint density at radius 1 is 1.32 bits per heavy atom. The van der Waals surface area contributed by atoms with Crippen LogP contribution < -0.4 is 14.8 Å². The molecule has 0 amide bonds. The van der Waals surface area contributed by atoms with Crippen LogP contribution in [0.15, 0.2) is 35.6 Å². The largest absolute Gasteiger partial charge is 0.493 e. The van der Waals surface area contributed by atoms with Gasteiger partial charge < -0.3 is 19.7 Å². The SMILES string of the molecule is CCOc1cc(CNC(=NC)N2CCC(Cc3cnn(C)c3)C2)ccc1OC. The molecule has 1 aromatic heterocycles. The van der Waals surface area contributed by atoms with Gasteiger partial charge in [-0.2, -0.15) is 5.10 Å². The maximum atomic E-state index is 5.67. The van der Waals surface area contributed by atoms with Crippen molar-refractivity contribution in [2.75, 3.05) is 33.9 Å². The molecule has 152 valence electrons. The average Bonchev–Trinajstić information content (AvgIpc) is 3.32. The minimum atomic E-state index is 0.612. The van der Waals surface area contributed by atoms with Gasteiger partial charge in [-0.15, -0.1) is 0 Å². The first-order valence-electron chi connectivity index (χ1n) is 9.85. The number of ether oxygens (including phenoxy) is 2. The van der Waals surface area contributed by atoms with Gasteiger partial charge in [-0.25, -0.2) is 0 Å². The Balaban J connectivity index is 1.55. The lowest BCUT2D eigenvalue weighted by atomic mass is 10.0. The van der Waals surface area contributed by atoms with Gasteiger partial charge in [-0.3, -0.25) is 9.67 Å². The second kappa shape index (κ2) is 9.48. The van der Waals surface area contributed by atoms with Gasteiger partial charge in [0.05, 0.1) is 19.9 Å². The van der Waals surface area contributed by atoms with Crippen molar-refractivity contribution in [3.8, 4) is 11.5 Å². The summed E-state index contributed by atoms with van der Waals surface area (Å²) in [5.41, 5.74) is 2.44. The van der Waals surface area contributed by atoms with Crippen LogP contribution in [-0.4, -0.2) is 54.5 Å². The number of aromatic nitrogens is 2. The molecule has 0 radical (unpaired) electrons. The highest BCUT2D eigenvalue weighted by atomic mass is 16.5. The molecule has 1 atom stereocenters. The summed E-state index contributed by atoms with van der Waals surface area (Å²) in [6.45, 7) is 5.32. The summed E-state index contributed by atoms with van der Waals surface area (Å²) in [4.78, 5) is 6.82. The van der Waals surface area contributed by atoms with Crippen LogP contribution in [0.2, 0.25) is 0 Å². The molecule has 7 heteroatoms. The molecule has 1 fully saturated rings. The predicted octanol–water partition coefficient (Wildman–Crippen LogP) is 2.47. The summed E-state index contributed by atoms with van der Waals surface area (Å²) in [6.07, 6.45) is 6.31. The fourth-order valence-electron chi connectivity index (χ4n) is 3.72. The Hall–Kier alpha value is -2.70. The normalized spacial score (nSPS) is 17.1. The summed E-state index contributed by atoms with van der Waals surface area (Å²) in [6, 6.07) is 6.03. The zero-order chi connectivity index (χ0) is 19.9. The summed E-state index contributed by atoms with van der Waals surface area (Å²) in [7, 11) is 5.47. The summed E-state index contributed by atoms with van der Waals surface area (Å²) >= 11 is 0. The number of hydrogen-bond acceptors (Lipinski definition) is 4. The van der Waals surface area contributed by atoms with Crippen molar-refractivity contribution in [1.29, 1.82) is 0 Å². The number of nitrogens with one attached hydrogen (secondary N) is 1. The Kier molecular flexibility index (Phi) is 6.79. The summed E-state index contributed by atoms with van der Waals surface area (Å²) in [5.74, 6) is 3.11. The van der Waals surface area contributed by atoms with Crippen LogP contribution in [0.3, 0.4) is 0 Å². The van der Waals surface area contributed by atoms with Crippen molar-refractivity contribution < 1.29 is 9.47 Å². The quantitative estimate of drug-likeness (QED) is 0.586. The van der Waals surface area contributed by atoms with E-state index in [9.17, 15) is 0 Å². The minimum Gasteiger partial charge on any atom is -0.493 e. The number of rotatable bonds is 7. The lowest BCUT2D eigenvalue weighted by Crippen LogP contribution is -2.39. The highest BCUT2D eigenvalue weighted by molar-refractivity contribution is 5.80. The molecule has 1 aromatic carbocycles. The second-order valence-corrected chi connectivity index (χ2v) is 7.15. The topological polar surface area (TPSA) is 63.9 Å². The van der Waals surface area contributed by atoms with E-state index >= 15 is 0 Å². The third-order valence-electron chi connectivity index (χ3n) is 5.06. The van der Waals surface area contributed by atoms with Gasteiger partial charge in [0.15, 0.2) is 17.5 Å². The van der Waals surface area contributed by atoms with E-state index in [1.54, 1.807) is 7.11 Å². The number of likely N-dealkylation sites (tertiary alicyclic amines) is 1. The molecular weight excluding hydrogens is 354 g/mol. The Bertz CT molecular complexity index is 802. The lowest BCUT2D eigenvalue weighted by Gasteiger charge is -2.22. The third kappa shape index (κ3) is 4.97. The maximum absolute atomic E-state index is 5.67. The van der Waals surface area contributed by atoms with Gasteiger partial charge in [0.25, 0.3) is 0 Å². The van der Waals surface area contributed by atoms with Crippen LogP contribution in [0, 0.1) is 5.92 Å². The van der Waals surface area contributed by atoms with Crippen molar-refractivity contribution in [1.82, 2.24) is 20.0 Å². The van der Waals surface area contributed by atoms with E-state index < -0.39 is 0 Å². The number of hydrogen-bond donors (Lipinski definition) is 1. The molecule has 0 bridgehead atoms. The molecule has 0 aliphatic carbocycles. The molecule has 1 aliphatic heterocycles. The molecule has 0 saturated carbocycles. The molecule has 1 unspecified atom stereocenters. The number of benzene rings is 1. The molecule has 2 heterocycles. The summed E-state index contributed by atoms with van der Waals surface area (Å²) < 4.78 is 12.9. The van der Waals surface area contributed by atoms with Crippen LogP contribution in [0.1, 0.15) is 24.5 Å². The highest BCUT2D eigenvalue weighted by Crippen LogP contribution is 2.28. The van der Waals surface area contributed by atoms with Crippen molar-refractivity contribution in [3.05, 3.63) is 41.7 Å². The molecular formula is C21H31N5O2. The second-order valence-electron chi connectivity index (χ2n) is 7.15. The average molecular weight is 386 g/mol. The van der Waals surface area contributed by atoms with Crippen LogP contribution in [0.4, 0.5) is 0 Å². The molecule has 2 aromatic rings. The molecule has 7 nitrogen and oxygen atoms in total. The van der Waals surface area contributed by atoms with Gasteiger partial charge in [0.1, 0.15) is 0 Å². The minimum absolute atomic E-state index is 0.612. The van der Waals surface area contributed by atoms with Gasteiger partial charge in [0.2, 0.25) is 0 Å². The van der Waals surface area contributed by atoms with Crippen molar-refractivity contribution in [3.63, 3.8) is 0 Å². The van der Waals surface area contributed by atoms with Crippen LogP contribution in [0.25, 0.3) is 0 Å². The Morgan fingerprint density at radius 2 is 2.18 bits per heavy atom. The smallest absolute Gasteiger partial charge is 0.193 e. The van der Waals surface area contributed by atoms with Gasteiger partial charge >= 0.3 is 0 Å². The zero-order valence-corrected chi connectivity index (χ0v) is 17.3. The van der Waals surface area contributed by atoms with E-state index in [-0.39, 0.29) is 0 Å². The van der Waals surface area contributed by atoms with E-state index in [2.05, 4.69) is 32.6 Å². The first-order chi connectivity index (χ1) is 13.6. The van der Waals surface area contributed by atoms with E-state index in [1.165, 1.54) is 12.0 Å². The van der Waals surface area contributed by atoms with E-state index in [4.69, 9.17) is 9.47 Å². The van der Waals surface area contributed by atoms with Crippen LogP contribution in [-0.2, 0) is 20.0 Å². The van der Waals surface area contributed by atoms with Crippen molar-refractivity contribution in [2.24, 2.45) is 18.0 Å². The number of nitrogens with zero attached hydrogens (tertiary/aromatic N) is 4. The fraction of sp³-hybridized carbons (Fsp3) is 0.524. The molecule has 1 N–H and O–H groups in total. The molecule has 0 spiro atoms.